The molecule has 1 aromatic carbocycles. The fourth-order valence-corrected chi connectivity index (χ4v) is 2.70. The standard InChI is InChI=1S/C16H25N3O2/c1-18(2)16(20)15-10-17-8-9-19(15)11-13-6-4-5-7-14(13)12-21-3/h4-7,15,17H,8-12H2,1-3H3. The van der Waals surface area contributed by atoms with Crippen molar-refractivity contribution in [3.8, 4) is 0 Å². The summed E-state index contributed by atoms with van der Waals surface area (Å²) in [4.78, 5) is 16.3. The van der Waals surface area contributed by atoms with Gasteiger partial charge in [0, 0.05) is 47.4 Å². The molecule has 0 radical (unpaired) electrons. The van der Waals surface area contributed by atoms with Crippen molar-refractivity contribution in [2.75, 3.05) is 40.8 Å². The van der Waals surface area contributed by atoms with Gasteiger partial charge in [-0.3, -0.25) is 9.69 Å². The Bertz CT molecular complexity index is 476. The molecular formula is C16H25N3O2. The van der Waals surface area contributed by atoms with E-state index in [-0.39, 0.29) is 11.9 Å². The van der Waals surface area contributed by atoms with E-state index in [0.717, 1.165) is 19.6 Å². The molecule has 1 fully saturated rings. The van der Waals surface area contributed by atoms with Gasteiger partial charge in [-0.1, -0.05) is 24.3 Å². The summed E-state index contributed by atoms with van der Waals surface area (Å²) >= 11 is 0. The van der Waals surface area contributed by atoms with Crippen molar-refractivity contribution in [2.45, 2.75) is 19.2 Å². The molecule has 2 rings (SSSR count). The van der Waals surface area contributed by atoms with E-state index in [4.69, 9.17) is 4.74 Å². The monoisotopic (exact) mass is 291 g/mol. The summed E-state index contributed by atoms with van der Waals surface area (Å²) in [6.45, 7) is 3.90. The first-order valence-electron chi connectivity index (χ1n) is 7.35. The average Bonchev–Trinajstić information content (AvgIpc) is 2.49. The van der Waals surface area contributed by atoms with Gasteiger partial charge in [0.15, 0.2) is 0 Å². The molecule has 1 N–H and O–H groups in total. The van der Waals surface area contributed by atoms with Gasteiger partial charge in [0.1, 0.15) is 6.04 Å². The van der Waals surface area contributed by atoms with Crippen LogP contribution in [0.15, 0.2) is 24.3 Å². The number of piperazine rings is 1. The predicted octanol–water partition coefficient (Wildman–Crippen LogP) is 0.695. The van der Waals surface area contributed by atoms with E-state index < -0.39 is 0 Å². The van der Waals surface area contributed by atoms with Crippen molar-refractivity contribution in [2.24, 2.45) is 0 Å². The third kappa shape index (κ3) is 4.03. The van der Waals surface area contributed by atoms with E-state index in [1.807, 2.05) is 26.2 Å². The summed E-state index contributed by atoms with van der Waals surface area (Å²) in [7, 11) is 5.34. The molecule has 0 aliphatic carbocycles. The van der Waals surface area contributed by atoms with Crippen LogP contribution in [-0.2, 0) is 22.7 Å². The van der Waals surface area contributed by atoms with Crippen LogP contribution in [0.1, 0.15) is 11.1 Å². The zero-order chi connectivity index (χ0) is 15.2. The number of carbonyl (C=O) groups is 1. The zero-order valence-electron chi connectivity index (χ0n) is 13.1. The molecule has 1 aliphatic rings. The molecule has 1 aliphatic heterocycles. The normalized spacial score (nSPS) is 19.5. The summed E-state index contributed by atoms with van der Waals surface area (Å²) in [5.41, 5.74) is 2.42. The molecule has 0 bridgehead atoms. The molecular weight excluding hydrogens is 266 g/mol. The van der Waals surface area contributed by atoms with Crippen LogP contribution >= 0.6 is 0 Å². The van der Waals surface area contributed by atoms with E-state index in [2.05, 4.69) is 22.3 Å². The number of nitrogens with one attached hydrogen (secondary N) is 1. The number of hydrogen-bond acceptors (Lipinski definition) is 4. The minimum absolute atomic E-state index is 0.0932. The number of rotatable bonds is 5. The summed E-state index contributed by atoms with van der Waals surface area (Å²) < 4.78 is 5.26. The molecule has 1 amide bonds. The first kappa shape index (κ1) is 15.9. The fraction of sp³-hybridized carbons (Fsp3) is 0.562. The lowest BCUT2D eigenvalue weighted by molar-refractivity contribution is -0.135. The van der Waals surface area contributed by atoms with Crippen molar-refractivity contribution < 1.29 is 9.53 Å². The zero-order valence-corrected chi connectivity index (χ0v) is 13.1. The number of amides is 1. The summed E-state index contributed by atoms with van der Waals surface area (Å²) in [5.74, 6) is 0.159. The Balaban J connectivity index is 2.14. The molecule has 0 aromatic heterocycles. The Morgan fingerprint density at radius 3 is 2.76 bits per heavy atom. The Kier molecular flexibility index (Phi) is 5.73. The highest BCUT2D eigenvalue weighted by atomic mass is 16.5. The van der Waals surface area contributed by atoms with Crippen LogP contribution in [0.5, 0.6) is 0 Å². The smallest absolute Gasteiger partial charge is 0.240 e. The van der Waals surface area contributed by atoms with Crippen LogP contribution < -0.4 is 5.32 Å². The van der Waals surface area contributed by atoms with E-state index in [1.54, 1.807) is 12.0 Å². The topological polar surface area (TPSA) is 44.8 Å². The SMILES string of the molecule is COCc1ccccc1CN1CCNCC1C(=O)N(C)C. The molecule has 0 spiro atoms. The summed E-state index contributed by atoms with van der Waals surface area (Å²) in [5, 5.41) is 3.31. The van der Waals surface area contributed by atoms with Crippen LogP contribution in [0.2, 0.25) is 0 Å². The van der Waals surface area contributed by atoms with Crippen molar-refractivity contribution in [1.29, 1.82) is 0 Å². The van der Waals surface area contributed by atoms with Crippen molar-refractivity contribution in [3.63, 3.8) is 0 Å². The average molecular weight is 291 g/mol. The number of likely N-dealkylation sites (N-methyl/N-ethyl adjacent to an activating group) is 1. The molecule has 116 valence electrons. The molecule has 1 aromatic rings. The van der Waals surface area contributed by atoms with Crippen LogP contribution in [0.25, 0.3) is 0 Å². The van der Waals surface area contributed by atoms with Gasteiger partial charge in [-0.25, -0.2) is 0 Å². The van der Waals surface area contributed by atoms with Crippen molar-refractivity contribution in [1.82, 2.24) is 15.1 Å². The maximum absolute atomic E-state index is 12.3. The van der Waals surface area contributed by atoms with Gasteiger partial charge in [-0.05, 0) is 11.1 Å². The van der Waals surface area contributed by atoms with Gasteiger partial charge in [0.05, 0.1) is 6.61 Å². The van der Waals surface area contributed by atoms with E-state index in [1.165, 1.54) is 11.1 Å². The second kappa shape index (κ2) is 7.54. The van der Waals surface area contributed by atoms with Crippen molar-refractivity contribution >= 4 is 5.91 Å². The minimum atomic E-state index is -0.0932. The summed E-state index contributed by atoms with van der Waals surface area (Å²) in [6.07, 6.45) is 0. The molecule has 1 heterocycles. The number of hydrogen-bond donors (Lipinski definition) is 1. The van der Waals surface area contributed by atoms with E-state index in [9.17, 15) is 4.79 Å². The first-order valence-corrected chi connectivity index (χ1v) is 7.35. The Labute approximate surface area is 126 Å². The lowest BCUT2D eigenvalue weighted by atomic mass is 10.1. The van der Waals surface area contributed by atoms with Gasteiger partial charge in [0.2, 0.25) is 5.91 Å². The fourth-order valence-electron chi connectivity index (χ4n) is 2.70. The molecule has 1 atom stereocenters. The van der Waals surface area contributed by atoms with Crippen LogP contribution in [0.4, 0.5) is 0 Å². The molecule has 5 heteroatoms. The molecule has 5 nitrogen and oxygen atoms in total. The largest absolute Gasteiger partial charge is 0.380 e. The van der Waals surface area contributed by atoms with Crippen LogP contribution in [0, 0.1) is 0 Å². The second-order valence-corrected chi connectivity index (χ2v) is 5.62. The molecule has 1 unspecified atom stereocenters. The van der Waals surface area contributed by atoms with Gasteiger partial charge in [-0.2, -0.15) is 0 Å². The van der Waals surface area contributed by atoms with E-state index in [0.29, 0.717) is 13.2 Å². The first-order chi connectivity index (χ1) is 10.1. The van der Waals surface area contributed by atoms with Crippen LogP contribution in [-0.4, -0.2) is 62.6 Å². The third-order valence-corrected chi connectivity index (χ3v) is 3.87. The van der Waals surface area contributed by atoms with Gasteiger partial charge in [-0.15, -0.1) is 0 Å². The number of carbonyl (C=O) groups excluding carboxylic acids is 1. The quantitative estimate of drug-likeness (QED) is 0.867. The Hall–Kier alpha value is -1.43. The number of methoxy groups -OCH3 is 1. The number of nitrogens with zero attached hydrogens (tertiary/aromatic N) is 2. The molecule has 0 saturated carbocycles. The highest BCUT2D eigenvalue weighted by Gasteiger charge is 2.29. The van der Waals surface area contributed by atoms with Gasteiger partial charge < -0.3 is 15.0 Å². The Morgan fingerprint density at radius 2 is 2.10 bits per heavy atom. The van der Waals surface area contributed by atoms with Crippen molar-refractivity contribution in [3.05, 3.63) is 35.4 Å². The lowest BCUT2D eigenvalue weighted by Crippen LogP contribution is -2.57. The maximum Gasteiger partial charge on any atom is 0.240 e. The van der Waals surface area contributed by atoms with Crippen LogP contribution in [0.3, 0.4) is 0 Å². The maximum atomic E-state index is 12.3. The predicted molar refractivity (Wildman–Crippen MR) is 82.9 cm³/mol. The Morgan fingerprint density at radius 1 is 1.38 bits per heavy atom. The van der Waals surface area contributed by atoms with Gasteiger partial charge >= 0.3 is 0 Å². The highest BCUT2D eigenvalue weighted by molar-refractivity contribution is 5.81. The number of ether oxygens (including phenoxy) is 1. The van der Waals surface area contributed by atoms with Gasteiger partial charge in [0.25, 0.3) is 0 Å². The molecule has 1 saturated heterocycles. The minimum Gasteiger partial charge on any atom is -0.380 e. The number of benzene rings is 1. The summed E-state index contributed by atoms with van der Waals surface area (Å²) in [6, 6.07) is 8.18. The van der Waals surface area contributed by atoms with E-state index >= 15 is 0 Å². The lowest BCUT2D eigenvalue weighted by Gasteiger charge is -2.36. The highest BCUT2D eigenvalue weighted by Crippen LogP contribution is 2.16. The second-order valence-electron chi connectivity index (χ2n) is 5.62. The third-order valence-electron chi connectivity index (χ3n) is 3.87. The molecule has 21 heavy (non-hydrogen) atoms.